The molecule has 1 aromatic heterocycles. The van der Waals surface area contributed by atoms with Crippen molar-refractivity contribution >= 4 is 60.8 Å². The van der Waals surface area contributed by atoms with Gasteiger partial charge in [-0.25, -0.2) is 8.42 Å². The summed E-state index contributed by atoms with van der Waals surface area (Å²) >= 11 is 6.18. The van der Waals surface area contributed by atoms with Crippen LogP contribution in [0, 0.1) is 6.92 Å². The Labute approximate surface area is 207 Å². The molecule has 8 heteroatoms. The Morgan fingerprint density at radius 1 is 0.886 bits per heavy atom. The smallest absolute Gasteiger partial charge is 0.264 e. The van der Waals surface area contributed by atoms with Crippen LogP contribution in [0.3, 0.4) is 0 Å². The lowest BCUT2D eigenvalue weighted by atomic mass is 10.1. The van der Waals surface area contributed by atoms with E-state index in [0.29, 0.717) is 27.5 Å². The van der Waals surface area contributed by atoms with Crippen LogP contribution in [0.15, 0.2) is 100 Å². The number of carbonyl (C=O) groups excluding carboxylic acids is 1. The molecule has 0 unspecified atom stereocenters. The number of nitrogens with zero attached hydrogens (tertiary/aromatic N) is 1. The van der Waals surface area contributed by atoms with Crippen LogP contribution < -0.4 is 9.62 Å². The van der Waals surface area contributed by atoms with Crippen LogP contribution in [0.5, 0.6) is 0 Å². The number of aryl methyl sites for hydroxylation is 1. The second kappa shape index (κ2) is 9.09. The van der Waals surface area contributed by atoms with Gasteiger partial charge in [0.05, 0.1) is 10.6 Å². The number of hydrogen-bond donors (Lipinski definition) is 1. The maximum Gasteiger partial charge on any atom is 0.264 e. The van der Waals surface area contributed by atoms with E-state index in [1.807, 2.05) is 30.3 Å². The normalized spacial score (nSPS) is 11.6. The van der Waals surface area contributed by atoms with Gasteiger partial charge in [-0.05, 0) is 55.0 Å². The molecule has 0 saturated carbocycles. The molecule has 1 amide bonds. The predicted molar refractivity (Wildman–Crippen MR) is 140 cm³/mol. The first-order valence-electron chi connectivity index (χ1n) is 10.9. The van der Waals surface area contributed by atoms with Crippen molar-refractivity contribution in [1.82, 2.24) is 0 Å². The predicted octanol–water partition coefficient (Wildman–Crippen LogP) is 6.38. The average molecular weight is 505 g/mol. The number of hydrogen-bond acceptors (Lipinski definition) is 4. The van der Waals surface area contributed by atoms with Crippen molar-refractivity contribution in [3.8, 4) is 0 Å². The molecular weight excluding hydrogens is 484 g/mol. The number of nitrogens with one attached hydrogen (secondary N) is 1. The number of sulfonamides is 1. The fourth-order valence-corrected chi connectivity index (χ4v) is 5.67. The van der Waals surface area contributed by atoms with Crippen LogP contribution in [-0.4, -0.2) is 20.9 Å². The monoisotopic (exact) mass is 504 g/mol. The lowest BCUT2D eigenvalue weighted by Gasteiger charge is -2.25. The summed E-state index contributed by atoms with van der Waals surface area (Å²) in [7, 11) is -4.04. The number of carbonyl (C=O) groups is 1. The molecular formula is C27H21ClN2O4S. The van der Waals surface area contributed by atoms with E-state index in [1.165, 1.54) is 12.1 Å². The summed E-state index contributed by atoms with van der Waals surface area (Å²) in [6.45, 7) is 1.34. The minimum absolute atomic E-state index is 0.0795. The number of rotatable bonds is 6. The fourth-order valence-electron chi connectivity index (χ4n) is 4.01. The molecule has 0 atom stereocenters. The van der Waals surface area contributed by atoms with E-state index in [0.717, 1.165) is 20.7 Å². The van der Waals surface area contributed by atoms with Gasteiger partial charge in [0.2, 0.25) is 5.91 Å². The fraction of sp³-hybridized carbons (Fsp3) is 0.0741. The van der Waals surface area contributed by atoms with Gasteiger partial charge in [0, 0.05) is 27.5 Å². The van der Waals surface area contributed by atoms with Crippen LogP contribution >= 0.6 is 11.6 Å². The zero-order chi connectivity index (χ0) is 24.6. The third kappa shape index (κ3) is 4.48. The zero-order valence-corrected chi connectivity index (χ0v) is 20.3. The number of amides is 1. The minimum atomic E-state index is -4.04. The summed E-state index contributed by atoms with van der Waals surface area (Å²) in [5.41, 5.74) is 2.89. The van der Waals surface area contributed by atoms with Crippen molar-refractivity contribution in [2.24, 2.45) is 0 Å². The summed E-state index contributed by atoms with van der Waals surface area (Å²) in [4.78, 5) is 13.2. The second-order valence-electron chi connectivity index (χ2n) is 8.11. The Hall–Kier alpha value is -3.81. The van der Waals surface area contributed by atoms with Crippen molar-refractivity contribution in [3.05, 3.63) is 102 Å². The molecule has 1 N–H and O–H groups in total. The highest BCUT2D eigenvalue weighted by Crippen LogP contribution is 2.31. The standard InChI is InChI=1S/C27H21ClN2O4S/c1-18-11-12-19(28)15-24(18)30(35(32,33)21-7-3-2-4-8-21)17-27(31)29-20-13-14-23-22-9-5-6-10-25(22)34-26(23)16-20/h2-16H,17H2,1H3,(H,29,31). The Balaban J connectivity index is 1.48. The number of halogens is 1. The highest BCUT2D eigenvalue weighted by Gasteiger charge is 2.28. The highest BCUT2D eigenvalue weighted by atomic mass is 35.5. The van der Waals surface area contributed by atoms with Gasteiger partial charge in [-0.3, -0.25) is 9.10 Å². The molecule has 0 bridgehead atoms. The van der Waals surface area contributed by atoms with E-state index in [4.69, 9.17) is 16.0 Å². The van der Waals surface area contributed by atoms with E-state index in [1.54, 1.807) is 55.5 Å². The van der Waals surface area contributed by atoms with Crippen LogP contribution in [0.25, 0.3) is 21.9 Å². The average Bonchev–Trinajstić information content (AvgIpc) is 3.22. The maximum atomic E-state index is 13.5. The van der Waals surface area contributed by atoms with Crippen LogP contribution in [0.4, 0.5) is 11.4 Å². The van der Waals surface area contributed by atoms with Crippen LogP contribution in [0.2, 0.25) is 5.02 Å². The third-order valence-electron chi connectivity index (χ3n) is 5.72. The van der Waals surface area contributed by atoms with Crippen molar-refractivity contribution in [2.75, 3.05) is 16.2 Å². The van der Waals surface area contributed by atoms with E-state index in [-0.39, 0.29) is 4.90 Å². The number of para-hydroxylation sites is 1. The first kappa shape index (κ1) is 23.0. The molecule has 6 nitrogen and oxygen atoms in total. The van der Waals surface area contributed by atoms with Gasteiger partial charge >= 0.3 is 0 Å². The molecule has 1 heterocycles. The first-order valence-corrected chi connectivity index (χ1v) is 12.7. The molecule has 0 aliphatic rings. The van der Waals surface area contributed by atoms with E-state index in [2.05, 4.69) is 5.32 Å². The van der Waals surface area contributed by atoms with Crippen molar-refractivity contribution < 1.29 is 17.6 Å². The van der Waals surface area contributed by atoms with E-state index >= 15 is 0 Å². The molecule has 0 fully saturated rings. The van der Waals surface area contributed by atoms with Gasteiger partial charge in [0.1, 0.15) is 17.7 Å². The number of benzene rings is 4. The molecule has 0 aliphatic heterocycles. The topological polar surface area (TPSA) is 79.6 Å². The minimum Gasteiger partial charge on any atom is -0.456 e. The third-order valence-corrected chi connectivity index (χ3v) is 7.73. The summed E-state index contributed by atoms with van der Waals surface area (Å²) < 4.78 is 34.1. The number of fused-ring (bicyclic) bond motifs is 3. The summed E-state index contributed by atoms with van der Waals surface area (Å²) in [5.74, 6) is -0.501. The molecule has 176 valence electrons. The van der Waals surface area contributed by atoms with Crippen LogP contribution in [-0.2, 0) is 14.8 Å². The molecule has 0 saturated heterocycles. The van der Waals surface area contributed by atoms with Crippen molar-refractivity contribution in [1.29, 1.82) is 0 Å². The number of anilines is 2. The lowest BCUT2D eigenvalue weighted by molar-refractivity contribution is -0.114. The first-order chi connectivity index (χ1) is 16.8. The van der Waals surface area contributed by atoms with Gasteiger partial charge < -0.3 is 9.73 Å². The Kier molecular flexibility index (Phi) is 5.96. The largest absolute Gasteiger partial charge is 0.456 e. The SMILES string of the molecule is Cc1ccc(Cl)cc1N(CC(=O)Nc1ccc2c(c1)oc1ccccc12)S(=O)(=O)c1ccccc1. The molecule has 4 aromatic carbocycles. The van der Waals surface area contributed by atoms with Gasteiger partial charge in [-0.1, -0.05) is 54.1 Å². The molecule has 0 spiro atoms. The second-order valence-corrected chi connectivity index (χ2v) is 10.4. The van der Waals surface area contributed by atoms with Crippen molar-refractivity contribution in [2.45, 2.75) is 11.8 Å². The summed E-state index contributed by atoms with van der Waals surface area (Å²) in [5, 5.41) is 5.08. The Morgan fingerprint density at radius 2 is 1.60 bits per heavy atom. The zero-order valence-electron chi connectivity index (χ0n) is 18.7. The Morgan fingerprint density at radius 3 is 2.40 bits per heavy atom. The quantitative estimate of drug-likeness (QED) is 0.291. The maximum absolute atomic E-state index is 13.5. The van der Waals surface area contributed by atoms with Gasteiger partial charge in [-0.2, -0.15) is 0 Å². The molecule has 0 radical (unpaired) electrons. The summed E-state index contributed by atoms with van der Waals surface area (Å²) in [6.07, 6.45) is 0. The summed E-state index contributed by atoms with van der Waals surface area (Å²) in [6, 6.07) is 26.0. The van der Waals surface area contributed by atoms with Gasteiger partial charge in [-0.15, -0.1) is 0 Å². The Bertz CT molecular complexity index is 1660. The highest BCUT2D eigenvalue weighted by molar-refractivity contribution is 7.92. The molecule has 0 aliphatic carbocycles. The molecule has 35 heavy (non-hydrogen) atoms. The van der Waals surface area contributed by atoms with Gasteiger partial charge in [0.15, 0.2) is 0 Å². The van der Waals surface area contributed by atoms with E-state index < -0.39 is 22.5 Å². The molecule has 5 rings (SSSR count). The van der Waals surface area contributed by atoms with Gasteiger partial charge in [0.25, 0.3) is 10.0 Å². The molecule has 5 aromatic rings. The lowest BCUT2D eigenvalue weighted by Crippen LogP contribution is -2.38. The van der Waals surface area contributed by atoms with Crippen LogP contribution in [0.1, 0.15) is 5.56 Å². The number of furan rings is 1. The van der Waals surface area contributed by atoms with Crippen molar-refractivity contribution in [3.63, 3.8) is 0 Å². The van der Waals surface area contributed by atoms with E-state index in [9.17, 15) is 13.2 Å².